The zero-order chi connectivity index (χ0) is 14.7. The zero-order valence-electron chi connectivity index (χ0n) is 10.7. The summed E-state index contributed by atoms with van der Waals surface area (Å²) in [6.45, 7) is 2.14. The standard InChI is InChI=1S/C15H12BrClFNO/c1-2-19(13-9-4-3-8-12(13)18)15(20)10-6-5-7-11(16)14(10)17/h3-9H,2H2,1H3. The van der Waals surface area contributed by atoms with Gasteiger partial charge in [0.05, 0.1) is 16.3 Å². The molecule has 0 radical (unpaired) electrons. The van der Waals surface area contributed by atoms with Gasteiger partial charge in [-0.2, -0.15) is 0 Å². The molecule has 0 bridgehead atoms. The van der Waals surface area contributed by atoms with Gasteiger partial charge in [-0.3, -0.25) is 4.79 Å². The second-order valence-corrected chi connectivity index (χ2v) is 5.33. The van der Waals surface area contributed by atoms with Gasteiger partial charge < -0.3 is 4.90 Å². The summed E-state index contributed by atoms with van der Waals surface area (Å²) in [5.41, 5.74) is 0.585. The predicted octanol–water partition coefficient (Wildman–Crippen LogP) is 4.91. The maximum absolute atomic E-state index is 13.8. The van der Waals surface area contributed by atoms with Crippen LogP contribution in [0.25, 0.3) is 0 Å². The number of benzene rings is 2. The van der Waals surface area contributed by atoms with Gasteiger partial charge in [-0.1, -0.05) is 29.8 Å². The number of hydrogen-bond acceptors (Lipinski definition) is 1. The number of carbonyl (C=O) groups is 1. The van der Waals surface area contributed by atoms with E-state index in [0.717, 1.165) is 0 Å². The average molecular weight is 357 g/mol. The third kappa shape index (κ3) is 2.86. The average Bonchev–Trinajstić information content (AvgIpc) is 2.44. The Morgan fingerprint density at radius 1 is 1.25 bits per heavy atom. The van der Waals surface area contributed by atoms with Crippen molar-refractivity contribution in [1.82, 2.24) is 0 Å². The maximum atomic E-state index is 13.8. The fourth-order valence-electron chi connectivity index (χ4n) is 1.91. The summed E-state index contributed by atoms with van der Waals surface area (Å²) in [5.74, 6) is -0.766. The van der Waals surface area contributed by atoms with E-state index in [1.807, 2.05) is 0 Å². The topological polar surface area (TPSA) is 20.3 Å². The van der Waals surface area contributed by atoms with Crippen LogP contribution in [0.5, 0.6) is 0 Å². The Morgan fingerprint density at radius 3 is 2.60 bits per heavy atom. The maximum Gasteiger partial charge on any atom is 0.259 e. The van der Waals surface area contributed by atoms with Gasteiger partial charge in [0.1, 0.15) is 5.82 Å². The largest absolute Gasteiger partial charge is 0.306 e. The Balaban J connectivity index is 2.45. The van der Waals surface area contributed by atoms with Crippen LogP contribution in [0.2, 0.25) is 5.02 Å². The van der Waals surface area contributed by atoms with Crippen LogP contribution in [0.1, 0.15) is 17.3 Å². The van der Waals surface area contributed by atoms with Gasteiger partial charge in [0.25, 0.3) is 5.91 Å². The van der Waals surface area contributed by atoms with E-state index in [1.54, 1.807) is 43.3 Å². The minimum absolute atomic E-state index is 0.246. The van der Waals surface area contributed by atoms with Crippen LogP contribution in [-0.2, 0) is 0 Å². The summed E-state index contributed by atoms with van der Waals surface area (Å²) in [4.78, 5) is 13.9. The summed E-state index contributed by atoms with van der Waals surface area (Å²) in [5, 5.41) is 0.326. The summed E-state index contributed by atoms with van der Waals surface area (Å²) in [6.07, 6.45) is 0. The third-order valence-electron chi connectivity index (χ3n) is 2.89. The van der Waals surface area contributed by atoms with Crippen LogP contribution in [0, 0.1) is 5.82 Å². The van der Waals surface area contributed by atoms with Crippen molar-refractivity contribution in [2.45, 2.75) is 6.92 Å². The van der Waals surface area contributed by atoms with Crippen molar-refractivity contribution in [3.05, 3.63) is 63.3 Å². The molecule has 0 unspecified atom stereocenters. The van der Waals surface area contributed by atoms with Crippen molar-refractivity contribution in [2.24, 2.45) is 0 Å². The first-order valence-electron chi connectivity index (χ1n) is 6.06. The van der Waals surface area contributed by atoms with E-state index in [0.29, 0.717) is 21.6 Å². The van der Waals surface area contributed by atoms with Crippen molar-refractivity contribution in [3.8, 4) is 0 Å². The molecule has 0 spiro atoms. The van der Waals surface area contributed by atoms with E-state index in [2.05, 4.69) is 15.9 Å². The highest BCUT2D eigenvalue weighted by Gasteiger charge is 2.21. The van der Waals surface area contributed by atoms with Gasteiger partial charge in [0.2, 0.25) is 0 Å². The molecule has 2 nitrogen and oxygen atoms in total. The van der Waals surface area contributed by atoms with Crippen LogP contribution in [0.15, 0.2) is 46.9 Å². The number of para-hydroxylation sites is 1. The molecule has 104 valence electrons. The highest BCUT2D eigenvalue weighted by atomic mass is 79.9. The molecule has 20 heavy (non-hydrogen) atoms. The lowest BCUT2D eigenvalue weighted by molar-refractivity contribution is 0.0987. The molecule has 0 aromatic heterocycles. The van der Waals surface area contributed by atoms with E-state index in [-0.39, 0.29) is 11.6 Å². The highest BCUT2D eigenvalue weighted by molar-refractivity contribution is 9.10. The van der Waals surface area contributed by atoms with Crippen LogP contribution in [0.4, 0.5) is 10.1 Å². The van der Waals surface area contributed by atoms with E-state index < -0.39 is 5.82 Å². The molecule has 5 heteroatoms. The Labute approximate surface area is 130 Å². The minimum Gasteiger partial charge on any atom is -0.306 e. The SMILES string of the molecule is CCN(C(=O)c1cccc(Br)c1Cl)c1ccccc1F. The molecule has 2 aromatic carbocycles. The summed E-state index contributed by atoms with van der Waals surface area (Å²) < 4.78 is 14.5. The van der Waals surface area contributed by atoms with Crippen molar-refractivity contribution < 1.29 is 9.18 Å². The van der Waals surface area contributed by atoms with Gasteiger partial charge in [0.15, 0.2) is 0 Å². The second-order valence-electron chi connectivity index (χ2n) is 4.10. The van der Waals surface area contributed by atoms with Crippen molar-refractivity contribution in [2.75, 3.05) is 11.4 Å². The molecular formula is C15H12BrClFNO. The van der Waals surface area contributed by atoms with Gasteiger partial charge in [-0.05, 0) is 47.1 Å². The number of carbonyl (C=O) groups excluding carboxylic acids is 1. The highest BCUT2D eigenvalue weighted by Crippen LogP contribution is 2.29. The number of amides is 1. The molecule has 2 rings (SSSR count). The normalized spacial score (nSPS) is 10.4. The number of rotatable bonds is 3. The molecule has 0 atom stereocenters. The lowest BCUT2D eigenvalue weighted by Crippen LogP contribution is -2.31. The van der Waals surface area contributed by atoms with Gasteiger partial charge >= 0.3 is 0 Å². The van der Waals surface area contributed by atoms with Crippen LogP contribution >= 0.6 is 27.5 Å². The Morgan fingerprint density at radius 2 is 1.95 bits per heavy atom. The lowest BCUT2D eigenvalue weighted by atomic mass is 10.1. The van der Waals surface area contributed by atoms with E-state index in [4.69, 9.17) is 11.6 Å². The van der Waals surface area contributed by atoms with Crippen LogP contribution in [0.3, 0.4) is 0 Å². The third-order valence-corrected chi connectivity index (χ3v) is 4.18. The van der Waals surface area contributed by atoms with Gasteiger partial charge in [0, 0.05) is 11.0 Å². The summed E-state index contributed by atoms with van der Waals surface area (Å²) >= 11 is 9.41. The molecule has 0 aliphatic carbocycles. The van der Waals surface area contributed by atoms with Crippen LogP contribution < -0.4 is 4.90 Å². The number of hydrogen-bond donors (Lipinski definition) is 0. The molecule has 0 saturated heterocycles. The molecule has 0 aliphatic rings. The summed E-state index contributed by atoms with van der Waals surface area (Å²) in [6, 6.07) is 11.3. The van der Waals surface area contributed by atoms with Gasteiger partial charge in [-0.25, -0.2) is 4.39 Å². The quantitative estimate of drug-likeness (QED) is 0.765. The monoisotopic (exact) mass is 355 g/mol. The molecule has 1 amide bonds. The Hall–Kier alpha value is -1.39. The fraction of sp³-hybridized carbons (Fsp3) is 0.133. The molecule has 0 N–H and O–H groups in total. The first kappa shape index (κ1) is 15.0. The molecular weight excluding hydrogens is 345 g/mol. The zero-order valence-corrected chi connectivity index (χ0v) is 13.1. The predicted molar refractivity (Wildman–Crippen MR) is 82.9 cm³/mol. The number of nitrogens with zero attached hydrogens (tertiary/aromatic N) is 1. The molecule has 0 saturated carbocycles. The molecule has 2 aromatic rings. The fourth-order valence-corrected chi connectivity index (χ4v) is 2.48. The van der Waals surface area contributed by atoms with E-state index >= 15 is 0 Å². The molecule has 0 aliphatic heterocycles. The van der Waals surface area contributed by atoms with E-state index in [9.17, 15) is 9.18 Å². The van der Waals surface area contributed by atoms with Crippen LogP contribution in [-0.4, -0.2) is 12.5 Å². The number of anilines is 1. The van der Waals surface area contributed by atoms with Crippen molar-refractivity contribution >= 4 is 39.1 Å². The first-order chi connectivity index (χ1) is 9.56. The molecule has 0 fully saturated rings. The van der Waals surface area contributed by atoms with E-state index in [1.165, 1.54) is 11.0 Å². The molecule has 0 heterocycles. The Bertz CT molecular complexity index is 648. The van der Waals surface area contributed by atoms with Crippen molar-refractivity contribution in [3.63, 3.8) is 0 Å². The lowest BCUT2D eigenvalue weighted by Gasteiger charge is -2.22. The van der Waals surface area contributed by atoms with Gasteiger partial charge in [-0.15, -0.1) is 0 Å². The second kappa shape index (κ2) is 6.37. The number of halogens is 3. The smallest absolute Gasteiger partial charge is 0.259 e. The minimum atomic E-state index is -0.436. The summed E-state index contributed by atoms with van der Waals surface area (Å²) in [7, 11) is 0. The Kier molecular flexibility index (Phi) is 4.78. The first-order valence-corrected chi connectivity index (χ1v) is 7.23. The van der Waals surface area contributed by atoms with Crippen molar-refractivity contribution in [1.29, 1.82) is 0 Å².